The molecule has 0 saturated carbocycles. The molecule has 0 fully saturated rings. The van der Waals surface area contributed by atoms with Crippen LogP contribution < -0.4 is 5.32 Å². The van der Waals surface area contributed by atoms with Gasteiger partial charge in [0.15, 0.2) is 0 Å². The van der Waals surface area contributed by atoms with Gasteiger partial charge in [-0.25, -0.2) is 0 Å². The maximum Gasteiger partial charge on any atom is 0.306 e. The first-order valence-corrected chi connectivity index (χ1v) is 25.4. The highest BCUT2D eigenvalue weighted by Crippen LogP contribution is 2.18. The average molecular weight is 828 g/mol. The fourth-order valence-electron chi connectivity index (χ4n) is 7.60. The number of rotatable bonds is 45. The SMILES string of the molecule is CC/C=C/C/C=C/C/C=C/C/C=C/CCCCCC(=O)OC(CCCCCCCCCCC)CC(=O)NC(CO)C(O)CCCCCCCCCCCCCCCCC. The van der Waals surface area contributed by atoms with E-state index in [-0.39, 0.29) is 24.9 Å². The minimum Gasteiger partial charge on any atom is -0.462 e. The number of ether oxygens (including phenoxy) is 1. The lowest BCUT2D eigenvalue weighted by Crippen LogP contribution is -2.46. The minimum atomic E-state index is -0.791. The normalized spacial score (nSPS) is 13.6. The second kappa shape index (κ2) is 46.9. The van der Waals surface area contributed by atoms with Crippen LogP contribution in [0.2, 0.25) is 0 Å². The van der Waals surface area contributed by atoms with E-state index in [0.717, 1.165) is 89.9 Å². The fourth-order valence-corrected chi connectivity index (χ4v) is 7.60. The van der Waals surface area contributed by atoms with Gasteiger partial charge in [0.2, 0.25) is 5.91 Å². The number of carbonyl (C=O) groups is 2. The van der Waals surface area contributed by atoms with Gasteiger partial charge in [0, 0.05) is 6.42 Å². The van der Waals surface area contributed by atoms with Crippen molar-refractivity contribution in [2.75, 3.05) is 6.61 Å². The van der Waals surface area contributed by atoms with E-state index < -0.39 is 18.2 Å². The Labute approximate surface area is 366 Å². The average Bonchev–Trinajstić information content (AvgIpc) is 3.23. The number of esters is 1. The van der Waals surface area contributed by atoms with Gasteiger partial charge in [-0.05, 0) is 64.2 Å². The highest BCUT2D eigenvalue weighted by Gasteiger charge is 2.24. The first-order valence-electron chi connectivity index (χ1n) is 25.4. The molecule has 1 amide bonds. The molecular formula is C53H97NO5. The predicted octanol–water partition coefficient (Wildman–Crippen LogP) is 15.1. The Hall–Kier alpha value is -2.18. The summed E-state index contributed by atoms with van der Waals surface area (Å²) in [5.41, 5.74) is 0. The second-order valence-corrected chi connectivity index (χ2v) is 17.2. The van der Waals surface area contributed by atoms with Crippen LogP contribution in [-0.2, 0) is 14.3 Å². The van der Waals surface area contributed by atoms with E-state index >= 15 is 0 Å². The lowest BCUT2D eigenvalue weighted by molar-refractivity contribution is -0.151. The molecule has 0 spiro atoms. The summed E-state index contributed by atoms with van der Waals surface area (Å²) in [5.74, 6) is -0.506. The first kappa shape index (κ1) is 56.8. The molecule has 0 aliphatic rings. The standard InChI is InChI=1S/C53H97NO5/c1-4-7-10-13-16-19-21-23-25-27-29-31-34-37-40-43-46-53(58)59-49(44-41-38-35-32-18-15-12-9-6-3)47-52(57)54-50(48-55)51(56)45-42-39-36-33-30-28-26-24-22-20-17-14-11-8-5-2/h7,10,16,19,23,25,29,31,49-51,55-56H,4-6,8-9,11-15,17-18,20-22,24,26-28,30,32-48H2,1-3H3,(H,54,57)/b10-7+,19-16+,25-23+,31-29+. The Kier molecular flexibility index (Phi) is 45.1. The summed E-state index contributed by atoms with van der Waals surface area (Å²) in [4.78, 5) is 26.0. The van der Waals surface area contributed by atoms with Gasteiger partial charge in [-0.1, -0.05) is 223 Å². The van der Waals surface area contributed by atoms with E-state index in [9.17, 15) is 19.8 Å². The van der Waals surface area contributed by atoms with Crippen LogP contribution in [0.1, 0.15) is 252 Å². The summed E-state index contributed by atoms with van der Waals surface area (Å²) in [6.07, 6.45) is 56.0. The third-order valence-electron chi connectivity index (χ3n) is 11.4. The molecule has 0 rings (SSSR count). The third kappa shape index (κ3) is 42.3. The molecule has 3 atom stereocenters. The quantitative estimate of drug-likeness (QED) is 0.0323. The number of unbranched alkanes of at least 4 members (excludes halogenated alkanes) is 25. The summed E-state index contributed by atoms with van der Waals surface area (Å²) < 4.78 is 5.90. The van der Waals surface area contributed by atoms with Crippen molar-refractivity contribution in [1.82, 2.24) is 5.32 Å². The number of aliphatic hydroxyl groups excluding tert-OH is 2. The topological polar surface area (TPSA) is 95.9 Å². The van der Waals surface area contributed by atoms with Crippen molar-refractivity contribution < 1.29 is 24.5 Å². The number of hydrogen-bond acceptors (Lipinski definition) is 5. The smallest absolute Gasteiger partial charge is 0.306 e. The molecule has 0 aromatic rings. The van der Waals surface area contributed by atoms with E-state index in [2.05, 4.69) is 74.7 Å². The third-order valence-corrected chi connectivity index (χ3v) is 11.4. The largest absolute Gasteiger partial charge is 0.462 e. The van der Waals surface area contributed by atoms with Crippen molar-refractivity contribution in [3.8, 4) is 0 Å². The Bertz CT molecular complexity index is 1020. The molecule has 0 bridgehead atoms. The number of carbonyl (C=O) groups excluding carboxylic acids is 2. The van der Waals surface area contributed by atoms with Crippen LogP contribution >= 0.6 is 0 Å². The van der Waals surface area contributed by atoms with Crippen molar-refractivity contribution in [3.05, 3.63) is 48.6 Å². The van der Waals surface area contributed by atoms with Gasteiger partial charge in [-0.2, -0.15) is 0 Å². The van der Waals surface area contributed by atoms with Crippen LogP contribution in [0, 0.1) is 0 Å². The van der Waals surface area contributed by atoms with Gasteiger partial charge in [0.25, 0.3) is 0 Å². The first-order chi connectivity index (χ1) is 29.0. The van der Waals surface area contributed by atoms with Crippen LogP contribution in [0.25, 0.3) is 0 Å². The van der Waals surface area contributed by atoms with Gasteiger partial charge >= 0.3 is 5.97 Å². The van der Waals surface area contributed by atoms with Crippen LogP contribution in [0.4, 0.5) is 0 Å². The van der Waals surface area contributed by atoms with E-state index in [4.69, 9.17) is 4.74 Å². The second-order valence-electron chi connectivity index (χ2n) is 17.2. The molecule has 0 aromatic heterocycles. The summed E-state index contributed by atoms with van der Waals surface area (Å²) in [5, 5.41) is 23.7. The van der Waals surface area contributed by atoms with Gasteiger partial charge in [0.05, 0.1) is 25.2 Å². The van der Waals surface area contributed by atoms with Crippen molar-refractivity contribution >= 4 is 11.9 Å². The van der Waals surface area contributed by atoms with Gasteiger partial charge in [-0.15, -0.1) is 0 Å². The van der Waals surface area contributed by atoms with E-state index in [1.807, 2.05) is 0 Å². The summed E-state index contributed by atoms with van der Waals surface area (Å²) >= 11 is 0. The molecule has 6 heteroatoms. The van der Waals surface area contributed by atoms with E-state index in [0.29, 0.717) is 19.3 Å². The number of hydrogen-bond donors (Lipinski definition) is 3. The predicted molar refractivity (Wildman–Crippen MR) is 255 cm³/mol. The Morgan fingerprint density at radius 1 is 0.508 bits per heavy atom. The maximum absolute atomic E-state index is 13.2. The van der Waals surface area contributed by atoms with Crippen LogP contribution in [-0.4, -0.2) is 46.9 Å². The Balaban J connectivity index is 4.50. The Morgan fingerprint density at radius 3 is 1.37 bits per heavy atom. The van der Waals surface area contributed by atoms with Crippen molar-refractivity contribution in [2.45, 2.75) is 270 Å². The molecule has 0 radical (unpaired) electrons. The fraction of sp³-hybridized carbons (Fsp3) is 0.811. The van der Waals surface area contributed by atoms with Gasteiger partial charge < -0.3 is 20.3 Å². The van der Waals surface area contributed by atoms with Crippen LogP contribution in [0.15, 0.2) is 48.6 Å². The van der Waals surface area contributed by atoms with Crippen LogP contribution in [0.3, 0.4) is 0 Å². The zero-order valence-corrected chi connectivity index (χ0v) is 39.1. The van der Waals surface area contributed by atoms with Gasteiger partial charge in [0.1, 0.15) is 6.10 Å². The molecule has 0 aromatic carbocycles. The zero-order valence-electron chi connectivity index (χ0n) is 39.1. The highest BCUT2D eigenvalue weighted by molar-refractivity contribution is 5.77. The number of allylic oxidation sites excluding steroid dienone is 8. The molecule has 59 heavy (non-hydrogen) atoms. The number of nitrogens with one attached hydrogen (secondary N) is 1. The monoisotopic (exact) mass is 828 g/mol. The lowest BCUT2D eigenvalue weighted by atomic mass is 10.0. The summed E-state index contributed by atoms with van der Waals surface area (Å²) in [6, 6.07) is -0.705. The molecule has 6 nitrogen and oxygen atoms in total. The number of aliphatic hydroxyl groups is 2. The zero-order chi connectivity index (χ0) is 43.1. The molecule has 0 heterocycles. The van der Waals surface area contributed by atoms with Crippen molar-refractivity contribution in [2.24, 2.45) is 0 Å². The molecule has 0 aliphatic carbocycles. The molecule has 344 valence electrons. The van der Waals surface area contributed by atoms with E-state index in [1.54, 1.807) is 0 Å². The molecule has 3 N–H and O–H groups in total. The van der Waals surface area contributed by atoms with E-state index in [1.165, 1.54) is 116 Å². The molecule has 0 aliphatic heterocycles. The number of amides is 1. The molecule has 0 saturated heterocycles. The minimum absolute atomic E-state index is 0.0662. The highest BCUT2D eigenvalue weighted by atomic mass is 16.5. The Morgan fingerprint density at radius 2 is 0.915 bits per heavy atom. The molecular weight excluding hydrogens is 731 g/mol. The van der Waals surface area contributed by atoms with Crippen molar-refractivity contribution in [3.63, 3.8) is 0 Å². The van der Waals surface area contributed by atoms with Crippen molar-refractivity contribution in [1.29, 1.82) is 0 Å². The van der Waals surface area contributed by atoms with Crippen LogP contribution in [0.5, 0.6) is 0 Å². The lowest BCUT2D eigenvalue weighted by Gasteiger charge is -2.24. The summed E-state index contributed by atoms with van der Waals surface area (Å²) in [6.45, 7) is 6.36. The summed E-state index contributed by atoms with van der Waals surface area (Å²) in [7, 11) is 0. The van der Waals surface area contributed by atoms with Gasteiger partial charge in [-0.3, -0.25) is 9.59 Å². The molecule has 3 unspecified atom stereocenters. The maximum atomic E-state index is 13.2.